The second-order valence-corrected chi connectivity index (χ2v) is 5.40. The van der Waals surface area contributed by atoms with Gasteiger partial charge in [-0.25, -0.2) is 0 Å². The Morgan fingerprint density at radius 1 is 1.15 bits per heavy atom. The lowest BCUT2D eigenvalue weighted by Crippen LogP contribution is -2.15. The quantitative estimate of drug-likeness (QED) is 0.729. The molecule has 0 saturated carbocycles. The number of benzene rings is 1. The van der Waals surface area contributed by atoms with Crippen LogP contribution >= 0.6 is 11.3 Å². The van der Waals surface area contributed by atoms with Gasteiger partial charge in [0, 0.05) is 30.9 Å². The molecular formula is C14H15N5S. The minimum Gasteiger partial charge on any atom is -0.317 e. The molecule has 0 aliphatic carbocycles. The maximum atomic E-state index is 4.41. The molecule has 1 aromatic carbocycles. The molecule has 2 heterocycles. The highest BCUT2D eigenvalue weighted by atomic mass is 32.1. The SMILES string of the molecule is CCNCCc1nnc(-c2cccc3nccnc23)s1. The minimum atomic E-state index is 0.879. The number of rotatable bonds is 5. The summed E-state index contributed by atoms with van der Waals surface area (Å²) in [6.45, 7) is 4.01. The van der Waals surface area contributed by atoms with Crippen molar-refractivity contribution in [2.45, 2.75) is 13.3 Å². The van der Waals surface area contributed by atoms with E-state index in [0.29, 0.717) is 0 Å². The second kappa shape index (κ2) is 6.02. The van der Waals surface area contributed by atoms with Crippen LogP contribution in [0.25, 0.3) is 21.6 Å². The van der Waals surface area contributed by atoms with Crippen molar-refractivity contribution in [3.8, 4) is 10.6 Å². The van der Waals surface area contributed by atoms with Crippen LogP contribution in [0.15, 0.2) is 30.6 Å². The Morgan fingerprint density at radius 2 is 2.05 bits per heavy atom. The molecule has 1 N–H and O–H groups in total. The first-order chi connectivity index (χ1) is 9.88. The smallest absolute Gasteiger partial charge is 0.150 e. The predicted octanol–water partition coefficient (Wildman–Crippen LogP) is 2.30. The van der Waals surface area contributed by atoms with E-state index < -0.39 is 0 Å². The van der Waals surface area contributed by atoms with Gasteiger partial charge in [0.1, 0.15) is 10.0 Å². The zero-order valence-electron chi connectivity index (χ0n) is 11.2. The lowest BCUT2D eigenvalue weighted by Gasteiger charge is -2.00. The highest BCUT2D eigenvalue weighted by molar-refractivity contribution is 7.14. The van der Waals surface area contributed by atoms with Gasteiger partial charge in [-0.15, -0.1) is 10.2 Å². The average molecular weight is 285 g/mol. The Hall–Kier alpha value is -1.92. The minimum absolute atomic E-state index is 0.879. The summed E-state index contributed by atoms with van der Waals surface area (Å²) in [4.78, 5) is 8.73. The fourth-order valence-electron chi connectivity index (χ4n) is 2.00. The Morgan fingerprint density at radius 3 is 2.95 bits per heavy atom. The van der Waals surface area contributed by atoms with E-state index in [1.807, 2.05) is 18.2 Å². The molecule has 3 aromatic rings. The highest BCUT2D eigenvalue weighted by Gasteiger charge is 2.10. The lowest BCUT2D eigenvalue weighted by atomic mass is 10.2. The number of hydrogen-bond donors (Lipinski definition) is 1. The molecule has 5 nitrogen and oxygen atoms in total. The van der Waals surface area contributed by atoms with Gasteiger partial charge in [-0.2, -0.15) is 0 Å². The van der Waals surface area contributed by atoms with E-state index in [4.69, 9.17) is 0 Å². The van der Waals surface area contributed by atoms with Gasteiger partial charge in [-0.05, 0) is 18.7 Å². The van der Waals surface area contributed by atoms with Gasteiger partial charge in [0.05, 0.1) is 11.0 Å². The normalized spacial score (nSPS) is 11.1. The molecule has 0 spiro atoms. The number of fused-ring (bicyclic) bond motifs is 1. The number of hydrogen-bond acceptors (Lipinski definition) is 6. The molecule has 0 unspecified atom stereocenters. The standard InChI is InChI=1S/C14H15N5S/c1-2-15-7-6-12-18-19-14(20-12)10-4-3-5-11-13(10)17-9-8-16-11/h3-5,8-9,15H,2,6-7H2,1H3. The molecule has 2 aromatic heterocycles. The van der Waals surface area contributed by atoms with Crippen molar-refractivity contribution in [2.75, 3.05) is 13.1 Å². The van der Waals surface area contributed by atoms with Crippen LogP contribution in [0, 0.1) is 0 Å². The van der Waals surface area contributed by atoms with E-state index in [1.165, 1.54) is 0 Å². The summed E-state index contributed by atoms with van der Waals surface area (Å²) in [5, 5.41) is 13.8. The third-order valence-corrected chi connectivity index (χ3v) is 3.98. The summed E-state index contributed by atoms with van der Waals surface area (Å²) >= 11 is 1.62. The summed E-state index contributed by atoms with van der Waals surface area (Å²) in [7, 11) is 0. The van der Waals surface area contributed by atoms with E-state index in [0.717, 1.165) is 46.1 Å². The van der Waals surface area contributed by atoms with Crippen LogP contribution in [0.4, 0.5) is 0 Å². The fourth-order valence-corrected chi connectivity index (χ4v) is 2.87. The Bertz CT molecular complexity index is 704. The molecule has 0 atom stereocenters. The van der Waals surface area contributed by atoms with Gasteiger partial charge in [-0.3, -0.25) is 9.97 Å². The van der Waals surface area contributed by atoms with Crippen LogP contribution in [0.5, 0.6) is 0 Å². The van der Waals surface area contributed by atoms with E-state index in [9.17, 15) is 0 Å². The van der Waals surface area contributed by atoms with Crippen molar-refractivity contribution in [1.82, 2.24) is 25.5 Å². The monoisotopic (exact) mass is 285 g/mol. The highest BCUT2D eigenvalue weighted by Crippen LogP contribution is 2.28. The molecule has 20 heavy (non-hydrogen) atoms. The maximum Gasteiger partial charge on any atom is 0.150 e. The molecule has 0 aliphatic rings. The van der Waals surface area contributed by atoms with Crippen LogP contribution in [-0.4, -0.2) is 33.3 Å². The average Bonchev–Trinajstić information content (AvgIpc) is 2.96. The lowest BCUT2D eigenvalue weighted by molar-refractivity contribution is 0.710. The molecule has 0 aliphatic heterocycles. The second-order valence-electron chi connectivity index (χ2n) is 4.33. The largest absolute Gasteiger partial charge is 0.317 e. The first-order valence-corrected chi connectivity index (χ1v) is 7.43. The molecule has 3 rings (SSSR count). The van der Waals surface area contributed by atoms with Gasteiger partial charge in [-0.1, -0.05) is 24.3 Å². The Labute approximate surface area is 121 Å². The fraction of sp³-hybridized carbons (Fsp3) is 0.286. The van der Waals surface area contributed by atoms with Gasteiger partial charge in [0.15, 0.2) is 0 Å². The van der Waals surface area contributed by atoms with E-state index in [1.54, 1.807) is 23.7 Å². The number of nitrogens with zero attached hydrogens (tertiary/aromatic N) is 4. The first-order valence-electron chi connectivity index (χ1n) is 6.61. The van der Waals surface area contributed by atoms with Crippen LogP contribution < -0.4 is 5.32 Å². The topological polar surface area (TPSA) is 63.6 Å². The summed E-state index contributed by atoms with van der Waals surface area (Å²) in [5.41, 5.74) is 2.77. The van der Waals surface area contributed by atoms with Crippen molar-refractivity contribution in [2.24, 2.45) is 0 Å². The van der Waals surface area contributed by atoms with Gasteiger partial charge in [0.2, 0.25) is 0 Å². The molecule has 0 radical (unpaired) electrons. The van der Waals surface area contributed by atoms with Crippen molar-refractivity contribution in [1.29, 1.82) is 0 Å². The Kier molecular flexibility index (Phi) is 3.94. The zero-order chi connectivity index (χ0) is 13.8. The van der Waals surface area contributed by atoms with Gasteiger partial charge in [0.25, 0.3) is 0 Å². The molecular weight excluding hydrogens is 270 g/mol. The summed E-state index contributed by atoms with van der Waals surface area (Å²) in [6.07, 6.45) is 4.31. The Balaban J connectivity index is 1.91. The third kappa shape index (κ3) is 2.66. The summed E-state index contributed by atoms with van der Waals surface area (Å²) in [5.74, 6) is 0. The zero-order valence-corrected chi connectivity index (χ0v) is 12.0. The molecule has 0 saturated heterocycles. The summed E-state index contributed by atoms with van der Waals surface area (Å²) in [6, 6.07) is 5.95. The summed E-state index contributed by atoms with van der Waals surface area (Å²) < 4.78 is 0. The van der Waals surface area contributed by atoms with Crippen LogP contribution in [-0.2, 0) is 6.42 Å². The first kappa shape index (κ1) is 13.1. The molecule has 0 fully saturated rings. The van der Waals surface area contributed by atoms with Crippen molar-refractivity contribution >= 4 is 22.4 Å². The third-order valence-electron chi connectivity index (χ3n) is 2.96. The number of likely N-dealkylation sites (N-methyl/N-ethyl adjacent to an activating group) is 1. The van der Waals surface area contributed by atoms with Crippen molar-refractivity contribution in [3.05, 3.63) is 35.6 Å². The van der Waals surface area contributed by atoms with Crippen LogP contribution in [0.1, 0.15) is 11.9 Å². The van der Waals surface area contributed by atoms with Crippen LogP contribution in [0.2, 0.25) is 0 Å². The number of para-hydroxylation sites is 1. The molecule has 0 bridgehead atoms. The van der Waals surface area contributed by atoms with Crippen molar-refractivity contribution < 1.29 is 0 Å². The molecule has 6 heteroatoms. The molecule has 102 valence electrons. The van der Waals surface area contributed by atoms with E-state index in [-0.39, 0.29) is 0 Å². The van der Waals surface area contributed by atoms with Gasteiger partial charge < -0.3 is 5.32 Å². The predicted molar refractivity (Wildman–Crippen MR) is 80.7 cm³/mol. The van der Waals surface area contributed by atoms with Crippen LogP contribution in [0.3, 0.4) is 0 Å². The maximum absolute atomic E-state index is 4.41. The van der Waals surface area contributed by atoms with E-state index >= 15 is 0 Å². The van der Waals surface area contributed by atoms with Crippen molar-refractivity contribution in [3.63, 3.8) is 0 Å². The molecule has 0 amide bonds. The number of nitrogens with one attached hydrogen (secondary N) is 1. The number of aromatic nitrogens is 4. The van der Waals surface area contributed by atoms with E-state index in [2.05, 4.69) is 32.4 Å². The van der Waals surface area contributed by atoms with Gasteiger partial charge >= 0.3 is 0 Å².